The fourth-order valence-corrected chi connectivity index (χ4v) is 2.62. The standard InChI is InChI=1S/C13H20N2O/c1-3-15-13-6-4-5-12(13)10-7-11(16-2)9-14-8-10/h7-9,12-13,15H,3-6H2,1-2H3. The Hall–Kier alpha value is -1.09. The summed E-state index contributed by atoms with van der Waals surface area (Å²) in [6, 6.07) is 2.73. The van der Waals surface area contributed by atoms with Crippen molar-refractivity contribution in [3.63, 3.8) is 0 Å². The molecule has 2 unspecified atom stereocenters. The first kappa shape index (κ1) is 11.4. The van der Waals surface area contributed by atoms with Crippen LogP contribution < -0.4 is 10.1 Å². The largest absolute Gasteiger partial charge is 0.495 e. The Labute approximate surface area is 97.2 Å². The van der Waals surface area contributed by atoms with Crippen LogP contribution >= 0.6 is 0 Å². The number of aromatic nitrogens is 1. The lowest BCUT2D eigenvalue weighted by Crippen LogP contribution is -2.30. The average molecular weight is 220 g/mol. The van der Waals surface area contributed by atoms with Crippen molar-refractivity contribution in [2.24, 2.45) is 0 Å². The molecule has 3 nitrogen and oxygen atoms in total. The fourth-order valence-electron chi connectivity index (χ4n) is 2.62. The molecule has 1 saturated carbocycles. The van der Waals surface area contributed by atoms with E-state index in [2.05, 4.69) is 23.3 Å². The summed E-state index contributed by atoms with van der Waals surface area (Å²) in [5, 5.41) is 3.56. The van der Waals surface area contributed by atoms with Crippen LogP contribution in [0.15, 0.2) is 18.5 Å². The van der Waals surface area contributed by atoms with Crippen molar-refractivity contribution in [3.05, 3.63) is 24.0 Å². The molecule has 2 atom stereocenters. The van der Waals surface area contributed by atoms with E-state index in [4.69, 9.17) is 4.74 Å². The topological polar surface area (TPSA) is 34.2 Å². The third-order valence-electron chi connectivity index (χ3n) is 3.38. The quantitative estimate of drug-likeness (QED) is 0.845. The van der Waals surface area contributed by atoms with Gasteiger partial charge in [-0.2, -0.15) is 0 Å². The second-order valence-corrected chi connectivity index (χ2v) is 4.36. The highest BCUT2D eigenvalue weighted by molar-refractivity contribution is 5.28. The zero-order valence-electron chi connectivity index (χ0n) is 10.1. The van der Waals surface area contributed by atoms with Crippen molar-refractivity contribution in [2.45, 2.75) is 38.1 Å². The summed E-state index contributed by atoms with van der Waals surface area (Å²) in [5.74, 6) is 1.46. The molecule has 3 heteroatoms. The summed E-state index contributed by atoms with van der Waals surface area (Å²) in [5.41, 5.74) is 1.31. The summed E-state index contributed by atoms with van der Waals surface area (Å²) in [7, 11) is 1.69. The minimum absolute atomic E-state index is 0.600. The van der Waals surface area contributed by atoms with Crippen LogP contribution in [0.3, 0.4) is 0 Å². The lowest BCUT2D eigenvalue weighted by Gasteiger charge is -2.20. The van der Waals surface area contributed by atoms with Gasteiger partial charge in [-0.15, -0.1) is 0 Å². The van der Waals surface area contributed by atoms with Crippen LogP contribution in [0.5, 0.6) is 5.75 Å². The number of likely N-dealkylation sites (N-methyl/N-ethyl adjacent to an activating group) is 1. The van der Waals surface area contributed by atoms with Gasteiger partial charge in [0.15, 0.2) is 0 Å². The Morgan fingerprint density at radius 2 is 2.31 bits per heavy atom. The molecule has 0 saturated heterocycles. The molecular weight excluding hydrogens is 200 g/mol. The highest BCUT2D eigenvalue weighted by atomic mass is 16.5. The number of methoxy groups -OCH3 is 1. The number of pyridine rings is 1. The van der Waals surface area contributed by atoms with E-state index in [0.717, 1.165) is 12.3 Å². The lowest BCUT2D eigenvalue weighted by molar-refractivity contribution is 0.410. The number of hydrogen-bond donors (Lipinski definition) is 1. The Kier molecular flexibility index (Phi) is 3.78. The zero-order valence-corrected chi connectivity index (χ0v) is 10.1. The molecule has 88 valence electrons. The Bertz CT molecular complexity index is 340. The van der Waals surface area contributed by atoms with Gasteiger partial charge in [-0.1, -0.05) is 13.3 Å². The van der Waals surface area contributed by atoms with Crippen molar-refractivity contribution in [1.82, 2.24) is 10.3 Å². The second kappa shape index (κ2) is 5.30. The Morgan fingerprint density at radius 3 is 3.06 bits per heavy atom. The molecule has 0 radical (unpaired) electrons. The van der Waals surface area contributed by atoms with Gasteiger partial charge in [0.05, 0.1) is 13.3 Å². The monoisotopic (exact) mass is 220 g/mol. The second-order valence-electron chi connectivity index (χ2n) is 4.36. The number of nitrogens with one attached hydrogen (secondary N) is 1. The predicted molar refractivity (Wildman–Crippen MR) is 64.8 cm³/mol. The zero-order chi connectivity index (χ0) is 11.4. The van der Waals surface area contributed by atoms with E-state index in [0.29, 0.717) is 12.0 Å². The molecule has 1 aliphatic carbocycles. The van der Waals surface area contributed by atoms with Gasteiger partial charge in [-0.25, -0.2) is 0 Å². The van der Waals surface area contributed by atoms with Gasteiger partial charge in [-0.3, -0.25) is 4.98 Å². The van der Waals surface area contributed by atoms with E-state index < -0.39 is 0 Å². The van der Waals surface area contributed by atoms with Crippen LogP contribution in [0.2, 0.25) is 0 Å². The smallest absolute Gasteiger partial charge is 0.137 e. The van der Waals surface area contributed by atoms with Crippen LogP contribution in [0.1, 0.15) is 37.7 Å². The molecule has 1 fully saturated rings. The molecule has 1 aromatic heterocycles. The average Bonchev–Trinajstić information content (AvgIpc) is 2.78. The Morgan fingerprint density at radius 1 is 1.44 bits per heavy atom. The first-order chi connectivity index (χ1) is 7.85. The maximum absolute atomic E-state index is 5.23. The summed E-state index contributed by atoms with van der Waals surface area (Å²) in [4.78, 5) is 4.24. The van der Waals surface area contributed by atoms with Crippen molar-refractivity contribution in [2.75, 3.05) is 13.7 Å². The molecule has 0 bridgehead atoms. The summed E-state index contributed by atoms with van der Waals surface area (Å²) in [6.45, 7) is 3.21. The summed E-state index contributed by atoms with van der Waals surface area (Å²) >= 11 is 0. The van der Waals surface area contributed by atoms with Crippen LogP contribution in [0.4, 0.5) is 0 Å². The Balaban J connectivity index is 2.15. The number of ether oxygens (including phenoxy) is 1. The molecule has 2 rings (SSSR count). The van der Waals surface area contributed by atoms with E-state index in [1.807, 2.05) is 6.20 Å². The van der Waals surface area contributed by atoms with E-state index in [1.54, 1.807) is 13.3 Å². The highest BCUT2D eigenvalue weighted by Gasteiger charge is 2.28. The minimum Gasteiger partial charge on any atom is -0.495 e. The summed E-state index contributed by atoms with van der Waals surface area (Å²) < 4.78 is 5.23. The third kappa shape index (κ3) is 2.35. The van der Waals surface area contributed by atoms with Crippen molar-refractivity contribution >= 4 is 0 Å². The van der Waals surface area contributed by atoms with Gasteiger partial charge in [0, 0.05) is 18.2 Å². The summed E-state index contributed by atoms with van der Waals surface area (Å²) in [6.07, 6.45) is 7.57. The normalized spacial score (nSPS) is 24.6. The van der Waals surface area contributed by atoms with Crippen LogP contribution in [0.25, 0.3) is 0 Å². The fraction of sp³-hybridized carbons (Fsp3) is 0.615. The van der Waals surface area contributed by atoms with Crippen molar-refractivity contribution < 1.29 is 4.74 Å². The minimum atomic E-state index is 0.600. The maximum atomic E-state index is 5.23. The highest BCUT2D eigenvalue weighted by Crippen LogP contribution is 2.35. The van der Waals surface area contributed by atoms with Crippen LogP contribution in [0, 0.1) is 0 Å². The first-order valence-electron chi connectivity index (χ1n) is 6.07. The van der Waals surface area contributed by atoms with Crippen molar-refractivity contribution in [1.29, 1.82) is 0 Å². The first-order valence-corrected chi connectivity index (χ1v) is 6.07. The van der Waals surface area contributed by atoms with E-state index >= 15 is 0 Å². The van der Waals surface area contributed by atoms with Gasteiger partial charge in [0.2, 0.25) is 0 Å². The van der Waals surface area contributed by atoms with E-state index in [9.17, 15) is 0 Å². The molecule has 16 heavy (non-hydrogen) atoms. The van der Waals surface area contributed by atoms with Gasteiger partial charge < -0.3 is 10.1 Å². The molecule has 1 aliphatic rings. The van der Waals surface area contributed by atoms with Gasteiger partial charge in [-0.05, 0) is 31.0 Å². The van der Waals surface area contributed by atoms with Gasteiger partial charge >= 0.3 is 0 Å². The maximum Gasteiger partial charge on any atom is 0.137 e. The molecule has 0 spiro atoms. The number of hydrogen-bond acceptors (Lipinski definition) is 3. The molecule has 0 amide bonds. The molecule has 1 heterocycles. The molecule has 0 aromatic carbocycles. The number of rotatable bonds is 4. The van der Waals surface area contributed by atoms with Crippen LogP contribution in [-0.4, -0.2) is 24.7 Å². The van der Waals surface area contributed by atoms with E-state index in [-0.39, 0.29) is 0 Å². The molecular formula is C13H20N2O. The van der Waals surface area contributed by atoms with Crippen molar-refractivity contribution in [3.8, 4) is 5.75 Å². The van der Waals surface area contributed by atoms with Crippen LogP contribution in [-0.2, 0) is 0 Å². The predicted octanol–water partition coefficient (Wildman–Crippen LogP) is 2.34. The molecule has 0 aliphatic heterocycles. The van der Waals surface area contributed by atoms with Gasteiger partial charge in [0.1, 0.15) is 5.75 Å². The van der Waals surface area contributed by atoms with E-state index in [1.165, 1.54) is 24.8 Å². The molecule has 1 N–H and O–H groups in total. The SMILES string of the molecule is CCNC1CCCC1c1cncc(OC)c1. The number of nitrogens with zero attached hydrogens (tertiary/aromatic N) is 1. The third-order valence-corrected chi connectivity index (χ3v) is 3.38. The lowest BCUT2D eigenvalue weighted by atomic mass is 9.95. The molecule has 1 aromatic rings. The van der Waals surface area contributed by atoms with Gasteiger partial charge in [0.25, 0.3) is 0 Å².